The maximum Gasteiger partial charge on any atom is 0.182 e. The third-order valence-electron chi connectivity index (χ3n) is 14.4. The van der Waals surface area contributed by atoms with Crippen LogP contribution in [-0.4, -0.2) is 8.07 Å². The lowest BCUT2D eigenvalue weighted by atomic mass is 9.60. The van der Waals surface area contributed by atoms with Crippen molar-refractivity contribution in [1.82, 2.24) is 0 Å². The van der Waals surface area contributed by atoms with Crippen LogP contribution in [0.5, 0.6) is 0 Å². The van der Waals surface area contributed by atoms with Crippen LogP contribution >= 0.6 is 0 Å². The van der Waals surface area contributed by atoms with E-state index < -0.39 is 13.5 Å². The summed E-state index contributed by atoms with van der Waals surface area (Å²) in [5.74, 6) is 0. The normalized spacial score (nSPS) is 15.0. The lowest BCUT2D eigenvalue weighted by Gasteiger charge is -2.51. The Morgan fingerprint density at radius 2 is 0.694 bits per heavy atom. The standard InChI is InChI=1S/C59H38N2Si/c1-2-20-41(21-3-1)60-51-28-12-9-25-47(51)59(48-26-10-13-29-52(48)60)49-27-11-14-30-53(49)61(54-37-40-19-5-4-18-39(40)36-50(54)59)42-34-35-46-45-24-8-17-33-57(45)62(58(46)38-42)55-31-15-6-22-43(55)44-23-7-16-32-56(44)62/h1-38H. The Hall–Kier alpha value is -7.72. The van der Waals surface area contributed by atoms with E-state index in [-0.39, 0.29) is 0 Å². The maximum absolute atomic E-state index is 2.68. The lowest BCUT2D eigenvalue weighted by molar-refractivity contribution is 0.720. The predicted octanol–water partition coefficient (Wildman–Crippen LogP) is 12.1. The van der Waals surface area contributed by atoms with Crippen molar-refractivity contribution in [3.8, 4) is 22.3 Å². The number of para-hydroxylation sites is 4. The fourth-order valence-corrected chi connectivity index (χ4v) is 17.8. The smallest absolute Gasteiger partial charge is 0.182 e. The van der Waals surface area contributed by atoms with Crippen LogP contribution in [0.25, 0.3) is 33.0 Å². The number of nitrogens with zero attached hydrogens (tertiary/aromatic N) is 2. The van der Waals surface area contributed by atoms with Gasteiger partial charge in [-0.15, -0.1) is 0 Å². The summed E-state index contributed by atoms with van der Waals surface area (Å²) in [5.41, 5.74) is 17.1. The Labute approximate surface area is 362 Å². The second-order valence-electron chi connectivity index (χ2n) is 17.1. The van der Waals surface area contributed by atoms with Crippen molar-refractivity contribution in [2.45, 2.75) is 5.41 Å². The van der Waals surface area contributed by atoms with Gasteiger partial charge in [-0.3, -0.25) is 0 Å². The predicted molar refractivity (Wildman–Crippen MR) is 260 cm³/mol. The van der Waals surface area contributed by atoms with Crippen LogP contribution in [0, 0.1) is 0 Å². The Kier molecular flexibility index (Phi) is 6.82. The molecule has 0 amide bonds. The number of benzene rings is 10. The molecule has 288 valence electrons. The van der Waals surface area contributed by atoms with Gasteiger partial charge in [0.15, 0.2) is 8.07 Å². The van der Waals surface area contributed by atoms with Crippen molar-refractivity contribution in [3.63, 3.8) is 0 Å². The third kappa shape index (κ3) is 4.14. The fraction of sp³-hybridized carbons (Fsp3) is 0.0169. The van der Waals surface area contributed by atoms with Gasteiger partial charge in [0.05, 0.1) is 28.2 Å². The minimum Gasteiger partial charge on any atom is -0.310 e. The molecule has 3 heteroatoms. The highest BCUT2D eigenvalue weighted by atomic mass is 28.3. The number of fused-ring (bicyclic) bond motifs is 19. The van der Waals surface area contributed by atoms with Crippen molar-refractivity contribution >= 4 is 73.7 Å². The van der Waals surface area contributed by atoms with Gasteiger partial charge in [0, 0.05) is 11.4 Å². The Bertz CT molecular complexity index is 3400. The van der Waals surface area contributed by atoms with E-state index in [9.17, 15) is 0 Å². The molecule has 62 heavy (non-hydrogen) atoms. The largest absolute Gasteiger partial charge is 0.310 e. The highest BCUT2D eigenvalue weighted by molar-refractivity contribution is 7.24. The van der Waals surface area contributed by atoms with Crippen LogP contribution in [0.3, 0.4) is 0 Å². The molecule has 10 aromatic rings. The number of rotatable bonds is 2. The molecule has 0 unspecified atom stereocenters. The number of anilines is 6. The van der Waals surface area contributed by atoms with Crippen LogP contribution in [0.2, 0.25) is 0 Å². The van der Waals surface area contributed by atoms with E-state index in [0.29, 0.717) is 0 Å². The minimum absolute atomic E-state index is 0.614. The van der Waals surface area contributed by atoms with Crippen LogP contribution in [0.1, 0.15) is 22.3 Å². The van der Waals surface area contributed by atoms with Crippen molar-refractivity contribution < 1.29 is 0 Å². The fourth-order valence-electron chi connectivity index (χ4n) is 12.2. The summed E-state index contributed by atoms with van der Waals surface area (Å²) in [6.45, 7) is 0. The molecule has 0 bridgehead atoms. The summed E-state index contributed by atoms with van der Waals surface area (Å²) < 4.78 is 0. The molecular formula is C59H38N2Si. The van der Waals surface area contributed by atoms with E-state index in [2.05, 4.69) is 240 Å². The van der Waals surface area contributed by atoms with Crippen molar-refractivity contribution in [3.05, 3.63) is 253 Å². The first-order chi connectivity index (χ1) is 30.8. The quantitative estimate of drug-likeness (QED) is 0.161. The van der Waals surface area contributed by atoms with E-state index >= 15 is 0 Å². The van der Waals surface area contributed by atoms with Crippen molar-refractivity contribution in [1.29, 1.82) is 0 Å². The zero-order valence-corrected chi connectivity index (χ0v) is 34.8. The van der Waals surface area contributed by atoms with Gasteiger partial charge in [0.2, 0.25) is 0 Å². The zero-order valence-electron chi connectivity index (χ0n) is 33.8. The van der Waals surface area contributed by atoms with Gasteiger partial charge in [0.1, 0.15) is 0 Å². The molecule has 4 aliphatic heterocycles. The summed E-state index contributed by atoms with van der Waals surface area (Å²) in [5, 5.41) is 8.42. The molecule has 0 atom stereocenters. The van der Waals surface area contributed by atoms with E-state index in [1.807, 2.05) is 0 Å². The molecule has 0 saturated carbocycles. The number of hydrogen-bond acceptors (Lipinski definition) is 2. The summed E-state index contributed by atoms with van der Waals surface area (Å²) in [6.07, 6.45) is 0. The van der Waals surface area contributed by atoms with Crippen LogP contribution in [0.4, 0.5) is 34.1 Å². The van der Waals surface area contributed by atoms with Gasteiger partial charge < -0.3 is 9.80 Å². The average molecular weight is 803 g/mol. The van der Waals surface area contributed by atoms with Gasteiger partial charge in [-0.05, 0) is 131 Å². The first kappa shape index (κ1) is 34.0. The Morgan fingerprint density at radius 1 is 0.274 bits per heavy atom. The van der Waals surface area contributed by atoms with Crippen LogP contribution in [-0.2, 0) is 5.41 Å². The SMILES string of the molecule is c1ccc(N2c3ccccc3C3(c4ccccc42)c2ccccc2N(c2ccc4c(c2)[Si]2(c5ccccc5-c5ccccc52)c2ccccc2-4)c2cc4ccccc4cc23)cc1. The molecule has 4 aliphatic rings. The molecule has 0 fully saturated rings. The van der Waals surface area contributed by atoms with Gasteiger partial charge >= 0.3 is 0 Å². The summed E-state index contributed by atoms with van der Waals surface area (Å²) >= 11 is 0. The Balaban J connectivity index is 1.09. The monoisotopic (exact) mass is 802 g/mol. The summed E-state index contributed by atoms with van der Waals surface area (Å²) in [7, 11) is -2.68. The highest BCUT2D eigenvalue weighted by Gasteiger charge is 2.55. The molecule has 2 nitrogen and oxygen atoms in total. The van der Waals surface area contributed by atoms with E-state index in [4.69, 9.17) is 0 Å². The van der Waals surface area contributed by atoms with Crippen molar-refractivity contribution in [2.24, 2.45) is 0 Å². The Morgan fingerprint density at radius 3 is 1.24 bits per heavy atom. The van der Waals surface area contributed by atoms with Gasteiger partial charge in [-0.2, -0.15) is 0 Å². The second kappa shape index (κ2) is 12.4. The first-order valence-corrected chi connectivity index (χ1v) is 23.7. The van der Waals surface area contributed by atoms with Gasteiger partial charge in [-0.25, -0.2) is 0 Å². The van der Waals surface area contributed by atoms with Gasteiger partial charge in [-0.1, -0.05) is 176 Å². The third-order valence-corrected chi connectivity index (χ3v) is 19.4. The van der Waals surface area contributed by atoms with Crippen LogP contribution < -0.4 is 30.5 Å². The zero-order chi connectivity index (χ0) is 40.6. The topological polar surface area (TPSA) is 6.48 Å². The molecule has 10 aromatic carbocycles. The van der Waals surface area contributed by atoms with Gasteiger partial charge in [0.25, 0.3) is 0 Å². The molecule has 0 radical (unpaired) electrons. The van der Waals surface area contributed by atoms with E-state index in [1.54, 1.807) is 0 Å². The molecule has 0 aromatic heterocycles. The molecular weight excluding hydrogens is 765 g/mol. The minimum atomic E-state index is -2.68. The molecule has 2 spiro atoms. The molecule has 0 N–H and O–H groups in total. The van der Waals surface area contributed by atoms with Crippen LogP contribution in [0.15, 0.2) is 231 Å². The first-order valence-electron chi connectivity index (χ1n) is 21.7. The second-order valence-corrected chi connectivity index (χ2v) is 20.8. The molecule has 0 saturated heterocycles. The van der Waals surface area contributed by atoms with Crippen molar-refractivity contribution in [2.75, 3.05) is 9.80 Å². The average Bonchev–Trinajstić information content (AvgIpc) is 3.81. The molecule has 14 rings (SSSR count). The summed E-state index contributed by atoms with van der Waals surface area (Å²) in [4.78, 5) is 5.06. The number of hydrogen-bond donors (Lipinski definition) is 0. The van der Waals surface area contributed by atoms with E-state index in [1.165, 1.54) is 104 Å². The van der Waals surface area contributed by atoms with E-state index in [0.717, 1.165) is 5.69 Å². The molecule has 0 aliphatic carbocycles. The highest BCUT2D eigenvalue weighted by Crippen LogP contribution is 2.64. The molecule has 4 heterocycles. The maximum atomic E-state index is 2.59. The summed E-state index contributed by atoms with van der Waals surface area (Å²) in [6, 6.07) is 87.3. The lowest BCUT2D eigenvalue weighted by Crippen LogP contribution is -2.70.